The number of benzene rings is 1. The lowest BCUT2D eigenvalue weighted by Gasteiger charge is -2.28. The number of amides is 1. The normalized spacial score (nSPS) is 20.4. The van der Waals surface area contributed by atoms with Crippen LogP contribution in [0.15, 0.2) is 36.7 Å². The number of aromatic nitrogens is 2. The summed E-state index contributed by atoms with van der Waals surface area (Å²) in [5.41, 5.74) is 0.579. The zero-order valence-corrected chi connectivity index (χ0v) is 14.4. The summed E-state index contributed by atoms with van der Waals surface area (Å²) in [5.74, 6) is -0.0945. The predicted octanol–water partition coefficient (Wildman–Crippen LogP) is 3.90. The van der Waals surface area contributed by atoms with Gasteiger partial charge in [0.2, 0.25) is 0 Å². The number of rotatable bonds is 4. The van der Waals surface area contributed by atoms with Crippen molar-refractivity contribution < 1.29 is 9.53 Å². The van der Waals surface area contributed by atoms with Crippen LogP contribution in [0.5, 0.6) is 6.01 Å². The summed E-state index contributed by atoms with van der Waals surface area (Å²) in [7, 11) is 0. The van der Waals surface area contributed by atoms with Crippen LogP contribution in [0.25, 0.3) is 0 Å². The molecule has 1 heterocycles. The highest BCUT2D eigenvalue weighted by Crippen LogP contribution is 2.23. The molecule has 1 aromatic carbocycles. The zero-order valence-electron chi connectivity index (χ0n) is 12.9. The van der Waals surface area contributed by atoms with Crippen molar-refractivity contribution in [2.45, 2.75) is 37.8 Å². The van der Waals surface area contributed by atoms with Gasteiger partial charge in [-0.1, -0.05) is 29.3 Å². The number of nitrogens with one attached hydrogen (secondary N) is 1. The smallest absolute Gasteiger partial charge is 0.316 e. The van der Waals surface area contributed by atoms with E-state index < -0.39 is 0 Å². The van der Waals surface area contributed by atoms with E-state index >= 15 is 0 Å². The molecular formula is C17H17Cl2N3O2. The number of hydrogen-bond donors (Lipinski definition) is 1. The summed E-state index contributed by atoms with van der Waals surface area (Å²) in [6.45, 7) is 0. The van der Waals surface area contributed by atoms with E-state index in [1.807, 2.05) is 0 Å². The summed E-state index contributed by atoms with van der Waals surface area (Å²) in [6, 6.07) is 7.43. The Labute approximate surface area is 150 Å². The molecule has 2 aromatic rings. The maximum Gasteiger partial charge on any atom is 0.316 e. The Hall–Kier alpha value is -1.85. The first-order chi connectivity index (χ1) is 11.6. The minimum absolute atomic E-state index is 0.0606. The Balaban J connectivity index is 1.48. The molecule has 3 rings (SSSR count). The number of ether oxygens (including phenoxy) is 1. The summed E-state index contributed by atoms with van der Waals surface area (Å²) >= 11 is 11.7. The molecular weight excluding hydrogens is 349 g/mol. The predicted molar refractivity (Wildman–Crippen MR) is 92.6 cm³/mol. The molecule has 5 nitrogen and oxygen atoms in total. The maximum atomic E-state index is 12.2. The molecule has 24 heavy (non-hydrogen) atoms. The molecule has 1 amide bonds. The van der Waals surface area contributed by atoms with Gasteiger partial charge in [0.25, 0.3) is 5.91 Å². The Kier molecular flexibility index (Phi) is 5.53. The first-order valence-corrected chi connectivity index (χ1v) is 8.56. The van der Waals surface area contributed by atoms with Crippen LogP contribution in [0.2, 0.25) is 10.0 Å². The quantitative estimate of drug-likeness (QED) is 0.891. The van der Waals surface area contributed by atoms with Crippen LogP contribution < -0.4 is 10.1 Å². The number of halogens is 2. The minimum atomic E-state index is -0.0945. The fourth-order valence-corrected chi connectivity index (χ4v) is 3.02. The lowest BCUT2D eigenvalue weighted by Crippen LogP contribution is -2.39. The second-order valence-electron chi connectivity index (χ2n) is 5.76. The largest absolute Gasteiger partial charge is 0.460 e. The zero-order chi connectivity index (χ0) is 16.9. The highest BCUT2D eigenvalue weighted by Gasteiger charge is 2.24. The van der Waals surface area contributed by atoms with Crippen LogP contribution in [-0.2, 0) is 0 Å². The molecule has 0 radical (unpaired) electrons. The molecule has 126 valence electrons. The molecule has 7 heteroatoms. The van der Waals surface area contributed by atoms with Crippen LogP contribution in [0.4, 0.5) is 0 Å². The van der Waals surface area contributed by atoms with Crippen LogP contribution in [0.3, 0.4) is 0 Å². The molecule has 1 aliphatic rings. The molecule has 1 saturated carbocycles. The van der Waals surface area contributed by atoms with Crippen LogP contribution >= 0.6 is 23.2 Å². The number of nitrogens with zero attached hydrogens (tertiary/aromatic N) is 2. The highest BCUT2D eigenvalue weighted by atomic mass is 35.5. The molecule has 0 spiro atoms. The molecule has 1 aromatic heterocycles. The van der Waals surface area contributed by atoms with Crippen LogP contribution in [-0.4, -0.2) is 28.0 Å². The SMILES string of the molecule is O=C(NC1CCC(Oc2ncc(Cl)cn2)CC1)c1cccc(Cl)c1. The van der Waals surface area contributed by atoms with Crippen LogP contribution in [0.1, 0.15) is 36.0 Å². The van der Waals surface area contributed by atoms with Crippen molar-refractivity contribution in [1.29, 1.82) is 0 Å². The van der Waals surface area contributed by atoms with Crippen molar-refractivity contribution >= 4 is 29.1 Å². The summed E-state index contributed by atoms with van der Waals surface area (Å²) < 4.78 is 5.75. The van der Waals surface area contributed by atoms with Gasteiger partial charge in [0, 0.05) is 16.6 Å². The fraction of sp³-hybridized carbons (Fsp3) is 0.353. The molecule has 0 saturated heterocycles. The minimum Gasteiger partial charge on any atom is -0.460 e. The van der Waals surface area contributed by atoms with E-state index in [-0.39, 0.29) is 18.1 Å². The van der Waals surface area contributed by atoms with E-state index in [1.165, 1.54) is 12.4 Å². The number of carbonyl (C=O) groups excluding carboxylic acids is 1. The van der Waals surface area contributed by atoms with Crippen molar-refractivity contribution in [2.75, 3.05) is 0 Å². The number of carbonyl (C=O) groups is 1. The molecule has 1 aliphatic carbocycles. The molecule has 0 bridgehead atoms. The first kappa shape index (κ1) is 17.0. The van der Waals surface area contributed by atoms with Crippen molar-refractivity contribution in [2.24, 2.45) is 0 Å². The highest BCUT2D eigenvalue weighted by molar-refractivity contribution is 6.31. The average molecular weight is 366 g/mol. The summed E-state index contributed by atoms with van der Waals surface area (Å²) in [4.78, 5) is 20.3. The summed E-state index contributed by atoms with van der Waals surface area (Å²) in [6.07, 6.45) is 6.47. The van der Waals surface area contributed by atoms with E-state index in [1.54, 1.807) is 24.3 Å². The summed E-state index contributed by atoms with van der Waals surface area (Å²) in [5, 5.41) is 4.09. The molecule has 0 atom stereocenters. The van der Waals surface area contributed by atoms with Crippen molar-refractivity contribution in [3.8, 4) is 6.01 Å². The monoisotopic (exact) mass is 365 g/mol. The van der Waals surface area contributed by atoms with Gasteiger partial charge in [0.1, 0.15) is 6.10 Å². The Morgan fingerprint density at radius 3 is 2.46 bits per heavy atom. The van der Waals surface area contributed by atoms with E-state index in [2.05, 4.69) is 15.3 Å². The van der Waals surface area contributed by atoms with Gasteiger partial charge >= 0.3 is 6.01 Å². The second-order valence-corrected chi connectivity index (χ2v) is 6.63. The van der Waals surface area contributed by atoms with Gasteiger partial charge in [-0.05, 0) is 43.9 Å². The van der Waals surface area contributed by atoms with E-state index in [4.69, 9.17) is 27.9 Å². The third-order valence-electron chi connectivity index (χ3n) is 3.96. The van der Waals surface area contributed by atoms with Gasteiger partial charge in [-0.25, -0.2) is 9.97 Å². The van der Waals surface area contributed by atoms with Gasteiger partial charge < -0.3 is 10.1 Å². The molecule has 1 N–H and O–H groups in total. The molecule has 1 fully saturated rings. The van der Waals surface area contributed by atoms with Gasteiger partial charge in [-0.15, -0.1) is 0 Å². The van der Waals surface area contributed by atoms with Gasteiger partial charge in [-0.3, -0.25) is 4.79 Å². The lowest BCUT2D eigenvalue weighted by molar-refractivity contribution is 0.0885. The van der Waals surface area contributed by atoms with Gasteiger partial charge in [0.05, 0.1) is 17.4 Å². The lowest BCUT2D eigenvalue weighted by atomic mass is 9.92. The third kappa shape index (κ3) is 4.58. The van der Waals surface area contributed by atoms with Crippen LogP contribution in [0, 0.1) is 0 Å². The van der Waals surface area contributed by atoms with Gasteiger partial charge in [-0.2, -0.15) is 0 Å². The van der Waals surface area contributed by atoms with Gasteiger partial charge in [0.15, 0.2) is 0 Å². The molecule has 0 aliphatic heterocycles. The van der Waals surface area contributed by atoms with E-state index in [9.17, 15) is 4.79 Å². The third-order valence-corrected chi connectivity index (χ3v) is 4.40. The maximum absolute atomic E-state index is 12.2. The average Bonchev–Trinajstić information content (AvgIpc) is 2.59. The second kappa shape index (κ2) is 7.81. The van der Waals surface area contributed by atoms with Crippen molar-refractivity contribution in [3.05, 3.63) is 52.3 Å². The molecule has 0 unspecified atom stereocenters. The first-order valence-electron chi connectivity index (χ1n) is 7.81. The fourth-order valence-electron chi connectivity index (χ4n) is 2.73. The topological polar surface area (TPSA) is 64.1 Å². The van der Waals surface area contributed by atoms with E-state index in [0.717, 1.165) is 25.7 Å². The number of hydrogen-bond acceptors (Lipinski definition) is 4. The standard InChI is InChI=1S/C17H17Cl2N3O2/c18-12-3-1-2-11(8-12)16(23)22-14-4-6-15(7-5-14)24-17-20-9-13(19)10-21-17/h1-3,8-10,14-15H,4-7H2,(H,22,23). The van der Waals surface area contributed by atoms with Crippen molar-refractivity contribution in [3.63, 3.8) is 0 Å². The Morgan fingerprint density at radius 1 is 1.08 bits per heavy atom. The Bertz CT molecular complexity index is 701. The van der Waals surface area contributed by atoms with E-state index in [0.29, 0.717) is 21.6 Å². The Morgan fingerprint density at radius 2 is 1.79 bits per heavy atom. The van der Waals surface area contributed by atoms with Crippen molar-refractivity contribution in [1.82, 2.24) is 15.3 Å².